The lowest BCUT2D eigenvalue weighted by Gasteiger charge is -2.02. The Bertz CT molecular complexity index is 376. The summed E-state index contributed by atoms with van der Waals surface area (Å²) in [6, 6.07) is 6.53. The number of aliphatic carboxylic acids is 1. The fourth-order valence-corrected chi connectivity index (χ4v) is 1.17. The largest absolute Gasteiger partial charge is 0.476 e. The van der Waals surface area contributed by atoms with E-state index in [1.165, 1.54) is 7.11 Å². The van der Waals surface area contributed by atoms with E-state index in [0.717, 1.165) is 0 Å². The lowest BCUT2D eigenvalue weighted by molar-refractivity contribution is -0.129. The topological polar surface area (TPSA) is 58.9 Å². The van der Waals surface area contributed by atoms with E-state index in [2.05, 4.69) is 9.99 Å². The van der Waals surface area contributed by atoms with Crippen molar-refractivity contribution >= 4 is 23.3 Å². The number of nitrogens with zero attached hydrogens (tertiary/aromatic N) is 1. The summed E-state index contributed by atoms with van der Waals surface area (Å²) in [4.78, 5) is 15.2. The molecule has 4 nitrogen and oxygen atoms in total. The maximum atomic E-state index is 10.8. The smallest absolute Gasteiger partial charge is 0.358 e. The summed E-state index contributed by atoms with van der Waals surface area (Å²) in [6.45, 7) is 0. The van der Waals surface area contributed by atoms with Gasteiger partial charge < -0.3 is 9.94 Å². The van der Waals surface area contributed by atoms with Gasteiger partial charge in [0.1, 0.15) is 7.11 Å². The highest BCUT2D eigenvalue weighted by atomic mass is 35.5. The molecule has 0 unspecified atom stereocenters. The molecule has 0 heterocycles. The maximum Gasteiger partial charge on any atom is 0.358 e. The Kier molecular flexibility index (Phi) is 3.48. The standard InChI is InChI=1S/C9H8ClNO3/c1-14-11-8(9(12)13)6-4-2-3-5-7(6)10/h2-5H,1H3,(H,12,13). The van der Waals surface area contributed by atoms with Crippen molar-refractivity contribution in [3.63, 3.8) is 0 Å². The molecule has 0 saturated heterocycles. The fraction of sp³-hybridized carbons (Fsp3) is 0.111. The van der Waals surface area contributed by atoms with Crippen molar-refractivity contribution in [2.75, 3.05) is 7.11 Å². The molecular weight excluding hydrogens is 206 g/mol. The monoisotopic (exact) mass is 213 g/mol. The van der Waals surface area contributed by atoms with Gasteiger partial charge in [-0.15, -0.1) is 0 Å². The van der Waals surface area contributed by atoms with Crippen LogP contribution in [0.3, 0.4) is 0 Å². The summed E-state index contributed by atoms with van der Waals surface area (Å²) in [6.07, 6.45) is 0. The summed E-state index contributed by atoms with van der Waals surface area (Å²) in [5, 5.41) is 12.5. The van der Waals surface area contributed by atoms with Crippen LogP contribution in [0.2, 0.25) is 5.02 Å². The van der Waals surface area contributed by atoms with Crippen molar-refractivity contribution in [1.29, 1.82) is 0 Å². The van der Waals surface area contributed by atoms with Crippen molar-refractivity contribution in [1.82, 2.24) is 0 Å². The van der Waals surface area contributed by atoms with E-state index in [-0.39, 0.29) is 5.71 Å². The van der Waals surface area contributed by atoms with Crippen LogP contribution in [-0.2, 0) is 9.63 Å². The zero-order valence-corrected chi connectivity index (χ0v) is 8.15. The number of benzene rings is 1. The van der Waals surface area contributed by atoms with E-state index in [1.807, 2.05) is 0 Å². The first kappa shape index (κ1) is 10.5. The van der Waals surface area contributed by atoms with Crippen LogP contribution in [0, 0.1) is 0 Å². The first-order chi connectivity index (χ1) is 6.66. The Balaban J connectivity index is 3.19. The molecule has 1 N–H and O–H groups in total. The predicted molar refractivity (Wildman–Crippen MR) is 52.6 cm³/mol. The fourth-order valence-electron chi connectivity index (χ4n) is 0.948. The second-order valence-corrected chi connectivity index (χ2v) is 2.81. The molecule has 0 bridgehead atoms. The van der Waals surface area contributed by atoms with Crippen molar-refractivity contribution < 1.29 is 14.7 Å². The molecule has 0 aliphatic rings. The van der Waals surface area contributed by atoms with Gasteiger partial charge in [0.05, 0.1) is 5.02 Å². The number of carboxylic acids is 1. The van der Waals surface area contributed by atoms with Crippen molar-refractivity contribution in [3.05, 3.63) is 34.9 Å². The average molecular weight is 214 g/mol. The Hall–Kier alpha value is -1.55. The van der Waals surface area contributed by atoms with E-state index >= 15 is 0 Å². The molecule has 1 aromatic rings. The molecule has 1 aromatic carbocycles. The normalized spacial score (nSPS) is 11.1. The third-order valence-electron chi connectivity index (χ3n) is 1.51. The van der Waals surface area contributed by atoms with Crippen LogP contribution in [0.25, 0.3) is 0 Å². The van der Waals surface area contributed by atoms with Crippen LogP contribution in [0.5, 0.6) is 0 Å². The minimum atomic E-state index is -1.18. The van der Waals surface area contributed by atoms with E-state index in [4.69, 9.17) is 16.7 Å². The molecular formula is C9H8ClNO3. The number of hydrogen-bond acceptors (Lipinski definition) is 3. The lowest BCUT2D eigenvalue weighted by Crippen LogP contribution is -2.15. The lowest BCUT2D eigenvalue weighted by atomic mass is 10.1. The quantitative estimate of drug-likeness (QED) is 0.615. The molecule has 0 atom stereocenters. The summed E-state index contributed by atoms with van der Waals surface area (Å²) >= 11 is 5.80. The Labute approximate surface area is 85.7 Å². The van der Waals surface area contributed by atoms with Gasteiger partial charge in [0.15, 0.2) is 5.71 Å². The van der Waals surface area contributed by atoms with E-state index < -0.39 is 5.97 Å². The highest BCUT2D eigenvalue weighted by Crippen LogP contribution is 2.16. The number of rotatable bonds is 3. The van der Waals surface area contributed by atoms with Crippen molar-refractivity contribution in [2.24, 2.45) is 5.16 Å². The number of carbonyl (C=O) groups is 1. The van der Waals surface area contributed by atoms with Gasteiger partial charge in [-0.2, -0.15) is 0 Å². The van der Waals surface area contributed by atoms with Gasteiger partial charge >= 0.3 is 5.97 Å². The molecule has 0 fully saturated rings. The van der Waals surface area contributed by atoms with Gasteiger partial charge in [-0.05, 0) is 6.07 Å². The third-order valence-corrected chi connectivity index (χ3v) is 1.84. The Morgan fingerprint density at radius 3 is 2.64 bits per heavy atom. The number of hydrogen-bond donors (Lipinski definition) is 1. The molecule has 0 saturated carbocycles. The highest BCUT2D eigenvalue weighted by Gasteiger charge is 2.15. The van der Waals surface area contributed by atoms with E-state index in [0.29, 0.717) is 10.6 Å². The van der Waals surface area contributed by atoms with Crippen LogP contribution in [0.1, 0.15) is 5.56 Å². The number of carboxylic acid groups (broad SMARTS) is 1. The van der Waals surface area contributed by atoms with Gasteiger partial charge in [0.2, 0.25) is 0 Å². The minimum absolute atomic E-state index is 0.210. The molecule has 5 heteroatoms. The van der Waals surface area contributed by atoms with Crippen LogP contribution in [0.15, 0.2) is 29.4 Å². The molecule has 1 rings (SSSR count). The Morgan fingerprint density at radius 1 is 1.50 bits per heavy atom. The molecule has 0 aliphatic carbocycles. The molecule has 0 aromatic heterocycles. The second-order valence-electron chi connectivity index (χ2n) is 2.41. The second kappa shape index (κ2) is 4.62. The van der Waals surface area contributed by atoms with E-state index in [9.17, 15) is 4.79 Å². The summed E-state index contributed by atoms with van der Waals surface area (Å²) in [5.74, 6) is -1.18. The molecule has 0 aliphatic heterocycles. The zero-order valence-electron chi connectivity index (χ0n) is 7.40. The van der Waals surface area contributed by atoms with Crippen LogP contribution in [0.4, 0.5) is 0 Å². The van der Waals surface area contributed by atoms with E-state index in [1.54, 1.807) is 24.3 Å². The highest BCUT2D eigenvalue weighted by molar-refractivity contribution is 6.46. The maximum absolute atomic E-state index is 10.8. The predicted octanol–water partition coefficient (Wildman–Crippen LogP) is 1.78. The Morgan fingerprint density at radius 2 is 2.14 bits per heavy atom. The summed E-state index contributed by atoms with van der Waals surface area (Å²) in [7, 11) is 1.28. The number of halogens is 1. The molecule has 14 heavy (non-hydrogen) atoms. The van der Waals surface area contributed by atoms with Crippen LogP contribution in [-0.4, -0.2) is 23.9 Å². The molecule has 0 spiro atoms. The summed E-state index contributed by atoms with van der Waals surface area (Å²) < 4.78 is 0. The van der Waals surface area contributed by atoms with Crippen molar-refractivity contribution in [3.8, 4) is 0 Å². The average Bonchev–Trinajstić information content (AvgIpc) is 2.15. The molecule has 74 valence electrons. The van der Waals surface area contributed by atoms with Crippen LogP contribution < -0.4 is 0 Å². The van der Waals surface area contributed by atoms with Gasteiger partial charge in [0.25, 0.3) is 0 Å². The van der Waals surface area contributed by atoms with Crippen molar-refractivity contribution in [2.45, 2.75) is 0 Å². The molecule has 0 amide bonds. The van der Waals surface area contributed by atoms with Gasteiger partial charge in [-0.25, -0.2) is 4.79 Å². The zero-order chi connectivity index (χ0) is 10.6. The molecule has 0 radical (unpaired) electrons. The van der Waals surface area contributed by atoms with Crippen LogP contribution >= 0.6 is 11.6 Å². The minimum Gasteiger partial charge on any atom is -0.476 e. The van der Waals surface area contributed by atoms with Gasteiger partial charge in [-0.1, -0.05) is 35.0 Å². The number of oxime groups is 1. The first-order valence-corrected chi connectivity index (χ1v) is 4.14. The third kappa shape index (κ3) is 2.23. The first-order valence-electron chi connectivity index (χ1n) is 3.76. The SMILES string of the molecule is CON=C(C(=O)O)c1ccccc1Cl. The van der Waals surface area contributed by atoms with Gasteiger partial charge in [0, 0.05) is 5.56 Å². The van der Waals surface area contributed by atoms with Gasteiger partial charge in [-0.3, -0.25) is 0 Å². The summed E-state index contributed by atoms with van der Waals surface area (Å²) in [5.41, 5.74) is 0.126.